The second-order valence-electron chi connectivity index (χ2n) is 27.5. The van der Waals surface area contributed by atoms with E-state index in [1.165, 1.54) is 31.1 Å². The van der Waals surface area contributed by atoms with Crippen molar-refractivity contribution in [1.82, 2.24) is 31.5 Å². The summed E-state index contributed by atoms with van der Waals surface area (Å²) in [4.78, 5) is 135. The fourth-order valence-electron chi connectivity index (χ4n) is 10.8. The predicted octanol–water partition coefficient (Wildman–Crippen LogP) is 6.61. The van der Waals surface area contributed by atoms with Gasteiger partial charge in [0.25, 0.3) is 0 Å². The number of alkyl carbamates (subject to hydrolysis) is 1. The molecule has 8 atom stereocenters. The summed E-state index contributed by atoms with van der Waals surface area (Å²) < 4.78 is 71.9. The molecule has 31 heteroatoms. The van der Waals surface area contributed by atoms with Gasteiger partial charge in [0, 0.05) is 64.2 Å². The highest BCUT2D eigenvalue weighted by Crippen LogP contribution is 2.45. The van der Waals surface area contributed by atoms with E-state index in [2.05, 4.69) is 38.5 Å². The Labute approximate surface area is 644 Å². The molecule has 2 aliphatic rings. The van der Waals surface area contributed by atoms with Gasteiger partial charge in [-0.2, -0.15) is 0 Å². The number of methoxy groups -OCH3 is 2. The smallest absolute Gasteiger partial charge is 0.407 e. The van der Waals surface area contributed by atoms with Crippen molar-refractivity contribution in [2.75, 3.05) is 132 Å². The summed E-state index contributed by atoms with van der Waals surface area (Å²) in [5.41, 5.74) is 1.95. The number of rotatable bonds is 47. The molecule has 0 saturated carbocycles. The van der Waals surface area contributed by atoms with Crippen LogP contribution in [0.1, 0.15) is 116 Å². The third-order valence-corrected chi connectivity index (χ3v) is 17.6. The Kier molecular flexibility index (Phi) is 41.4. The Hall–Kier alpha value is -8.59. The number of epoxide rings is 1. The van der Waals surface area contributed by atoms with Crippen molar-refractivity contribution in [1.29, 1.82) is 0 Å². The van der Waals surface area contributed by atoms with Gasteiger partial charge in [-0.3, -0.25) is 38.4 Å². The van der Waals surface area contributed by atoms with Crippen molar-refractivity contribution in [3.63, 3.8) is 0 Å². The topological polar surface area (TPSA) is 369 Å². The molecular formula is C78H112ClN7O23. The zero-order chi connectivity index (χ0) is 79.7. The number of nitrogens with zero attached hydrogens (tertiary/aromatic N) is 1. The molecule has 0 spiro atoms. The monoisotopic (exact) mass is 1550 g/mol. The lowest BCUT2D eigenvalue weighted by molar-refractivity contribution is -0.179. The lowest BCUT2D eigenvalue weighted by Gasteiger charge is -2.29. The van der Waals surface area contributed by atoms with Crippen LogP contribution in [0.3, 0.4) is 0 Å². The minimum Gasteiger partial charge on any atom is -0.495 e. The van der Waals surface area contributed by atoms with Crippen molar-refractivity contribution < 1.29 is 110 Å². The number of nitrogens with one attached hydrogen (secondary N) is 6. The predicted molar refractivity (Wildman–Crippen MR) is 401 cm³/mol. The first-order chi connectivity index (χ1) is 52.2. The Morgan fingerprint density at radius 1 is 0.706 bits per heavy atom. The second-order valence-corrected chi connectivity index (χ2v) is 27.9. The zero-order valence-corrected chi connectivity index (χ0v) is 65.2. The largest absolute Gasteiger partial charge is 0.495 e. The molecule has 3 aromatic carbocycles. The number of hydrogen-bond donors (Lipinski definition) is 6. The van der Waals surface area contributed by atoms with Crippen LogP contribution in [0, 0.1) is 23.2 Å². The second kappa shape index (κ2) is 49.5. The molecule has 2 heterocycles. The van der Waals surface area contributed by atoms with Crippen LogP contribution in [-0.4, -0.2) is 227 Å². The lowest BCUT2D eigenvalue weighted by atomic mass is 9.92. The van der Waals surface area contributed by atoms with Gasteiger partial charge in [0.2, 0.25) is 35.4 Å². The highest BCUT2D eigenvalue weighted by Gasteiger charge is 2.48. The molecule has 5 rings (SSSR count). The Balaban J connectivity index is 1.03. The maximum atomic E-state index is 14.0. The van der Waals surface area contributed by atoms with Crippen molar-refractivity contribution in [2.45, 2.75) is 150 Å². The number of carbonyl (C=O) groups excluding carboxylic acids is 10. The van der Waals surface area contributed by atoms with Crippen LogP contribution < -0.4 is 36.6 Å². The Morgan fingerprint density at radius 3 is 1.89 bits per heavy atom. The number of ether oxygens (including phenoxy) is 13. The van der Waals surface area contributed by atoms with Crippen LogP contribution in [-0.2, 0) is 120 Å². The van der Waals surface area contributed by atoms with E-state index in [1.807, 2.05) is 45.0 Å². The van der Waals surface area contributed by atoms with Crippen LogP contribution in [0.15, 0.2) is 91.5 Å². The summed E-state index contributed by atoms with van der Waals surface area (Å²) in [5.74, 6) is -5.70. The van der Waals surface area contributed by atoms with E-state index in [0.29, 0.717) is 93.7 Å². The maximum absolute atomic E-state index is 14.0. The third kappa shape index (κ3) is 34.9. The van der Waals surface area contributed by atoms with Crippen LogP contribution in [0.5, 0.6) is 5.75 Å². The molecule has 0 bridgehead atoms. The van der Waals surface area contributed by atoms with Gasteiger partial charge in [0.05, 0.1) is 122 Å². The molecule has 0 aliphatic carbocycles. The number of esters is 3. The molecule has 2 aliphatic heterocycles. The summed E-state index contributed by atoms with van der Waals surface area (Å²) in [6, 6.07) is 15.8. The quantitative estimate of drug-likeness (QED) is 0.0114. The molecule has 6 N–H and O–H groups in total. The van der Waals surface area contributed by atoms with E-state index in [0.717, 1.165) is 11.1 Å². The average Bonchev–Trinajstić information content (AvgIpc) is 1.63. The molecule has 0 aromatic heterocycles. The highest BCUT2D eigenvalue weighted by molar-refractivity contribution is 6.32. The van der Waals surface area contributed by atoms with Gasteiger partial charge in [0.1, 0.15) is 49.3 Å². The molecule has 0 unspecified atom stereocenters. The number of anilines is 1. The standard InChI is InChI=1S/C78H112ClN7O23/c1-12-31-105-68(90)27-30-86(67(89)28-32-99-35-36-101-39-40-103-43-44-104-42-41-102-38-37-100-34-33-97-10)29-26-66(88)85-69(52(4)5)74(93)82-54(7)72(91)83-59-23-18-56(19-24-59)49-106-77(96)80-48-55-16-21-58(22-17-55)71-70(109-71)53(6)62-14-13-15-65(87)84-61(47-57-20-25-63(98-11)60(79)46-57)73(92)81-50-78(8,9)76(95)108-64(45-51(2)3)75(94)107-62/h12-13,15-25,46,51-54,61-62,64,69-71H,1,14,26-45,47-50H2,2-11H3,(H,80,96)(H,81,92)(H,82,93)(H,83,91)(H,84,87)(H,85,88)/b15-13-/t53-,54-,61+,62-,64-,69-,70+,71+/m0/s1. The summed E-state index contributed by atoms with van der Waals surface area (Å²) in [6.07, 6.45) is 0.597. The van der Waals surface area contributed by atoms with Gasteiger partial charge < -0.3 is 98.4 Å². The van der Waals surface area contributed by atoms with Crippen molar-refractivity contribution in [3.8, 4) is 5.75 Å². The molecule has 1 fully saturated rings. The normalized spacial score (nSPS) is 18.5. The fraction of sp³-hybridized carbons (Fsp3) is 0.590. The molecule has 30 nitrogen and oxygen atoms in total. The first kappa shape index (κ1) is 91.0. The van der Waals surface area contributed by atoms with E-state index < -0.39 is 107 Å². The zero-order valence-electron chi connectivity index (χ0n) is 64.5. The molecule has 604 valence electrons. The van der Waals surface area contributed by atoms with E-state index in [-0.39, 0.29) is 116 Å². The third-order valence-electron chi connectivity index (χ3n) is 17.3. The number of carbonyl (C=O) groups is 10. The Morgan fingerprint density at radius 2 is 1.30 bits per heavy atom. The molecule has 0 radical (unpaired) electrons. The summed E-state index contributed by atoms with van der Waals surface area (Å²) >= 11 is 6.40. The van der Waals surface area contributed by atoms with E-state index in [4.69, 9.17) is 73.2 Å². The summed E-state index contributed by atoms with van der Waals surface area (Å²) in [5, 5.41) is 16.7. The van der Waals surface area contributed by atoms with Gasteiger partial charge in [0.15, 0.2) is 6.10 Å². The molecule has 3 aromatic rings. The number of halogens is 1. The molecule has 7 amide bonds. The van der Waals surface area contributed by atoms with E-state index in [1.54, 1.807) is 83.3 Å². The highest BCUT2D eigenvalue weighted by atomic mass is 35.5. The van der Waals surface area contributed by atoms with Gasteiger partial charge in [-0.25, -0.2) is 9.59 Å². The van der Waals surface area contributed by atoms with Crippen LogP contribution in [0.25, 0.3) is 0 Å². The van der Waals surface area contributed by atoms with E-state index in [9.17, 15) is 47.9 Å². The van der Waals surface area contributed by atoms with Gasteiger partial charge >= 0.3 is 24.0 Å². The van der Waals surface area contributed by atoms with Crippen molar-refractivity contribution >= 4 is 76.7 Å². The minimum atomic E-state index is -1.29. The number of hydrogen-bond acceptors (Lipinski definition) is 23. The van der Waals surface area contributed by atoms with E-state index >= 15 is 0 Å². The number of benzene rings is 3. The fourth-order valence-corrected chi connectivity index (χ4v) is 11.1. The molecule has 109 heavy (non-hydrogen) atoms. The van der Waals surface area contributed by atoms with Crippen LogP contribution >= 0.6 is 11.6 Å². The van der Waals surface area contributed by atoms with Gasteiger partial charge in [-0.1, -0.05) is 107 Å². The SMILES string of the molecule is C=CCOC(=O)CCN(CCC(=O)N[C@H](C(=O)N[C@@H](C)C(=O)Nc1ccc(COC(=O)NCc2ccc([C@H]3O[C@@H]3[C@@H](C)[C@@H]3C/C=C\C(=O)N[C@H](Cc4ccc(OC)c(Cl)c4)C(=O)NCC(C)(C)C(=O)O[C@@H](CC(C)C)C(=O)O3)cc2)cc1)C(C)C)C(=O)CCOCCOCCOCCOCCOCCOCCOC. The molecule has 1 saturated heterocycles. The van der Waals surface area contributed by atoms with Crippen LogP contribution in [0.4, 0.5) is 10.5 Å². The number of cyclic esters (lactones) is 2. The van der Waals surface area contributed by atoms with Crippen molar-refractivity contribution in [3.05, 3.63) is 119 Å². The minimum absolute atomic E-state index is 0.00307. The van der Waals surface area contributed by atoms with Crippen molar-refractivity contribution in [2.24, 2.45) is 23.2 Å². The summed E-state index contributed by atoms with van der Waals surface area (Å²) in [7, 11) is 3.10. The summed E-state index contributed by atoms with van der Waals surface area (Å²) in [6.45, 7) is 22.0. The maximum Gasteiger partial charge on any atom is 0.407 e. The lowest BCUT2D eigenvalue weighted by Crippen LogP contribution is -2.54. The van der Waals surface area contributed by atoms with Gasteiger partial charge in [-0.15, -0.1) is 0 Å². The first-order valence-electron chi connectivity index (χ1n) is 36.8. The molecular weight excluding hydrogens is 1440 g/mol. The Bertz CT molecular complexity index is 3400. The average molecular weight is 1550 g/mol. The first-order valence-corrected chi connectivity index (χ1v) is 37.2. The number of amides is 7. The van der Waals surface area contributed by atoms with Crippen LogP contribution in [0.2, 0.25) is 5.02 Å². The van der Waals surface area contributed by atoms with Gasteiger partial charge in [-0.05, 0) is 91.6 Å².